The van der Waals surface area contributed by atoms with E-state index < -0.39 is 17.2 Å². The van der Waals surface area contributed by atoms with Crippen LogP contribution in [0.1, 0.15) is 36.5 Å². The van der Waals surface area contributed by atoms with Gasteiger partial charge in [-0.05, 0) is 35.4 Å². The summed E-state index contributed by atoms with van der Waals surface area (Å²) in [5.41, 5.74) is 0.927. The largest absolute Gasteiger partial charge is 0.493 e. The number of benzene rings is 2. The second kappa shape index (κ2) is 9.21. The Hall–Kier alpha value is -3.80. The van der Waals surface area contributed by atoms with Crippen molar-refractivity contribution in [1.82, 2.24) is 9.78 Å². The second-order valence-electron chi connectivity index (χ2n) is 9.00. The molecule has 1 aliphatic carbocycles. The zero-order valence-electron chi connectivity index (χ0n) is 18.5. The Kier molecular flexibility index (Phi) is 6.33. The zero-order chi connectivity index (χ0) is 24.3. The number of aromatic nitrogens is 2. The van der Waals surface area contributed by atoms with Crippen LogP contribution in [-0.2, 0) is 17.8 Å². The van der Waals surface area contributed by atoms with E-state index in [0.29, 0.717) is 23.7 Å². The summed E-state index contributed by atoms with van der Waals surface area (Å²) in [4.78, 5) is 12.4. The molecule has 34 heavy (non-hydrogen) atoms. The van der Waals surface area contributed by atoms with Crippen molar-refractivity contribution in [1.29, 1.82) is 5.26 Å². The van der Waals surface area contributed by atoms with Gasteiger partial charge in [0.25, 0.3) is 0 Å². The van der Waals surface area contributed by atoms with E-state index >= 15 is 0 Å². The molecule has 1 aliphatic rings. The topological polar surface area (TPSA) is 79.9 Å². The van der Waals surface area contributed by atoms with Crippen molar-refractivity contribution in [2.75, 3.05) is 11.9 Å². The van der Waals surface area contributed by atoms with E-state index in [0.717, 1.165) is 5.56 Å². The minimum atomic E-state index is -2.59. The van der Waals surface area contributed by atoms with Gasteiger partial charge >= 0.3 is 0 Å². The molecule has 0 radical (unpaired) electrons. The van der Waals surface area contributed by atoms with Crippen LogP contribution in [0.3, 0.4) is 0 Å². The van der Waals surface area contributed by atoms with Gasteiger partial charge in [-0.25, -0.2) is 13.2 Å². The average Bonchev–Trinajstić information content (AvgIpc) is 3.19. The van der Waals surface area contributed by atoms with Crippen molar-refractivity contribution in [2.45, 2.75) is 38.7 Å². The molecule has 1 fully saturated rings. The Bertz CT molecular complexity index is 1220. The van der Waals surface area contributed by atoms with Crippen molar-refractivity contribution >= 4 is 11.7 Å². The monoisotopic (exact) mass is 468 g/mol. The molecule has 1 saturated carbocycles. The lowest BCUT2D eigenvalue weighted by molar-refractivity contribution is -0.164. The number of amides is 1. The fourth-order valence-electron chi connectivity index (χ4n) is 4.09. The minimum absolute atomic E-state index is 0.0339. The van der Waals surface area contributed by atoms with Crippen LogP contribution in [0.4, 0.5) is 19.0 Å². The van der Waals surface area contributed by atoms with Crippen LogP contribution in [0.5, 0.6) is 5.75 Å². The SMILES string of the molecule is CC1(COc2ccc(CC(=O)Nc3ccn(Cc4ccc(F)c(C#N)c4)n3)cc2)CC(F)(F)C1. The number of ether oxygens (including phenoxy) is 1. The Balaban J connectivity index is 1.26. The number of nitrogens with one attached hydrogen (secondary N) is 1. The first-order valence-electron chi connectivity index (χ1n) is 10.7. The molecule has 176 valence electrons. The first kappa shape index (κ1) is 23.4. The van der Waals surface area contributed by atoms with Gasteiger partial charge in [0.2, 0.25) is 11.8 Å². The number of carbonyl (C=O) groups excluding carboxylic acids is 1. The molecule has 1 N–H and O–H groups in total. The molecule has 0 unspecified atom stereocenters. The summed E-state index contributed by atoms with van der Waals surface area (Å²) >= 11 is 0. The highest BCUT2D eigenvalue weighted by molar-refractivity contribution is 5.91. The maximum atomic E-state index is 13.5. The number of rotatable bonds is 8. The number of nitrogens with zero attached hydrogens (tertiary/aromatic N) is 3. The molecule has 9 heteroatoms. The quantitative estimate of drug-likeness (QED) is 0.508. The van der Waals surface area contributed by atoms with Crippen LogP contribution in [0.25, 0.3) is 0 Å². The van der Waals surface area contributed by atoms with Gasteiger partial charge in [-0.15, -0.1) is 0 Å². The van der Waals surface area contributed by atoms with E-state index in [1.165, 1.54) is 12.1 Å². The molecular formula is C25H23F3N4O2. The van der Waals surface area contributed by atoms with Crippen LogP contribution in [0, 0.1) is 22.6 Å². The van der Waals surface area contributed by atoms with E-state index in [1.807, 2.05) is 0 Å². The molecule has 1 heterocycles. The Morgan fingerprint density at radius 2 is 1.88 bits per heavy atom. The van der Waals surface area contributed by atoms with E-state index in [9.17, 15) is 18.0 Å². The Morgan fingerprint density at radius 1 is 1.18 bits per heavy atom. The highest BCUT2D eigenvalue weighted by Gasteiger charge is 2.54. The van der Waals surface area contributed by atoms with Crippen molar-refractivity contribution < 1.29 is 22.7 Å². The van der Waals surface area contributed by atoms with Crippen LogP contribution in [0.15, 0.2) is 54.7 Å². The van der Waals surface area contributed by atoms with Gasteiger partial charge in [-0.3, -0.25) is 9.48 Å². The van der Waals surface area contributed by atoms with Crippen molar-refractivity contribution in [3.8, 4) is 11.8 Å². The fourth-order valence-corrected chi connectivity index (χ4v) is 4.09. The Labute approximate surface area is 195 Å². The predicted molar refractivity (Wildman–Crippen MR) is 119 cm³/mol. The number of alkyl halides is 2. The maximum absolute atomic E-state index is 13.5. The average molecular weight is 468 g/mol. The van der Waals surface area contributed by atoms with E-state index in [4.69, 9.17) is 10.00 Å². The fraction of sp³-hybridized carbons (Fsp3) is 0.320. The number of hydrogen-bond acceptors (Lipinski definition) is 4. The molecule has 1 aromatic heterocycles. The van der Waals surface area contributed by atoms with Crippen molar-refractivity contribution in [2.24, 2.45) is 5.41 Å². The van der Waals surface area contributed by atoms with Gasteiger partial charge in [0.15, 0.2) is 5.82 Å². The third-order valence-corrected chi connectivity index (χ3v) is 5.65. The Morgan fingerprint density at radius 3 is 2.56 bits per heavy atom. The summed E-state index contributed by atoms with van der Waals surface area (Å²) in [6.45, 7) is 2.33. The zero-order valence-corrected chi connectivity index (χ0v) is 18.5. The van der Waals surface area contributed by atoms with Crippen LogP contribution < -0.4 is 10.1 Å². The van der Waals surface area contributed by atoms with Crippen LogP contribution in [-0.4, -0.2) is 28.2 Å². The summed E-state index contributed by atoms with van der Waals surface area (Å²) < 4.78 is 46.9. The van der Waals surface area contributed by atoms with E-state index in [2.05, 4.69) is 10.4 Å². The standard InChI is InChI=1S/C25H23F3N4O2/c1-24(14-25(27,28)15-24)16-34-20-5-2-17(3-6-20)11-23(33)30-22-8-9-32(31-22)13-18-4-7-21(26)19(10-18)12-29/h2-10H,11,13-16H2,1H3,(H,30,31,33). The molecule has 4 rings (SSSR count). The summed E-state index contributed by atoms with van der Waals surface area (Å²) in [6, 6.07) is 14.7. The number of nitriles is 1. The third kappa shape index (κ3) is 5.76. The summed E-state index contributed by atoms with van der Waals surface area (Å²) in [5, 5.41) is 16.0. The molecule has 6 nitrogen and oxygen atoms in total. The number of carbonyl (C=O) groups is 1. The lowest BCUT2D eigenvalue weighted by atomic mass is 9.68. The number of hydrogen-bond donors (Lipinski definition) is 1. The minimum Gasteiger partial charge on any atom is -0.493 e. The summed E-state index contributed by atoms with van der Waals surface area (Å²) in [5.74, 6) is -2.47. The number of halogens is 3. The molecular weight excluding hydrogens is 445 g/mol. The van der Waals surface area contributed by atoms with E-state index in [-0.39, 0.29) is 37.3 Å². The van der Waals surface area contributed by atoms with Crippen LogP contribution >= 0.6 is 0 Å². The van der Waals surface area contributed by atoms with Gasteiger partial charge in [-0.1, -0.05) is 25.1 Å². The lowest BCUT2D eigenvalue weighted by Gasteiger charge is -2.44. The molecule has 3 aromatic rings. The highest BCUT2D eigenvalue weighted by Crippen LogP contribution is 2.51. The van der Waals surface area contributed by atoms with E-state index in [1.54, 1.807) is 60.3 Å². The molecule has 2 aromatic carbocycles. The molecule has 1 amide bonds. The predicted octanol–water partition coefficient (Wildman–Crippen LogP) is 4.94. The lowest BCUT2D eigenvalue weighted by Crippen LogP contribution is -2.47. The third-order valence-electron chi connectivity index (χ3n) is 5.65. The maximum Gasteiger partial charge on any atom is 0.249 e. The molecule has 0 atom stereocenters. The van der Waals surface area contributed by atoms with Crippen molar-refractivity contribution in [3.63, 3.8) is 0 Å². The first-order valence-corrected chi connectivity index (χ1v) is 10.7. The van der Waals surface area contributed by atoms with Gasteiger partial charge in [0.05, 0.1) is 25.1 Å². The number of anilines is 1. The molecule has 0 spiro atoms. The van der Waals surface area contributed by atoms with Gasteiger partial charge in [0.1, 0.15) is 17.6 Å². The molecule has 0 bridgehead atoms. The molecule has 0 saturated heterocycles. The summed E-state index contributed by atoms with van der Waals surface area (Å²) in [6.07, 6.45) is 1.47. The van der Waals surface area contributed by atoms with Crippen LogP contribution in [0.2, 0.25) is 0 Å². The summed E-state index contributed by atoms with van der Waals surface area (Å²) in [7, 11) is 0. The van der Waals surface area contributed by atoms with Gasteiger partial charge in [0, 0.05) is 30.5 Å². The highest BCUT2D eigenvalue weighted by atomic mass is 19.3. The van der Waals surface area contributed by atoms with Gasteiger partial charge in [-0.2, -0.15) is 10.4 Å². The normalized spacial score (nSPS) is 15.7. The first-order chi connectivity index (χ1) is 16.1. The second-order valence-corrected chi connectivity index (χ2v) is 9.00. The van der Waals surface area contributed by atoms with Gasteiger partial charge < -0.3 is 10.1 Å². The van der Waals surface area contributed by atoms with Crippen molar-refractivity contribution in [3.05, 3.63) is 77.2 Å². The molecule has 0 aliphatic heterocycles. The smallest absolute Gasteiger partial charge is 0.249 e.